The van der Waals surface area contributed by atoms with Gasteiger partial charge in [0.1, 0.15) is 6.54 Å². The average molecular weight is 444 g/mol. The van der Waals surface area contributed by atoms with Crippen LogP contribution in [0, 0.1) is 0 Å². The number of hydrogen-bond donors (Lipinski definition) is 4. The molecule has 0 fully saturated rings. The Balaban J connectivity index is 1.43. The SMILES string of the molecule is O=C(O)CC1CCC(=O)N(CC(=O)NCCCCCNC2=NCCCN2)c2ccccc21. The fourth-order valence-electron chi connectivity index (χ4n) is 4.11. The van der Waals surface area contributed by atoms with Gasteiger partial charge in [-0.2, -0.15) is 0 Å². The number of hydrogen-bond acceptors (Lipinski definition) is 6. The molecular formula is C23H33N5O4. The highest BCUT2D eigenvalue weighted by Crippen LogP contribution is 2.36. The van der Waals surface area contributed by atoms with Crippen LogP contribution in [0.5, 0.6) is 0 Å². The first-order valence-corrected chi connectivity index (χ1v) is 11.4. The lowest BCUT2D eigenvalue weighted by Gasteiger charge is -2.23. The highest BCUT2D eigenvalue weighted by molar-refractivity contribution is 6.00. The van der Waals surface area contributed by atoms with Gasteiger partial charge in [0.15, 0.2) is 5.96 Å². The molecule has 0 saturated heterocycles. The molecule has 4 N–H and O–H groups in total. The third kappa shape index (κ3) is 6.96. The molecule has 0 radical (unpaired) electrons. The number of fused-ring (bicyclic) bond motifs is 1. The maximum Gasteiger partial charge on any atom is 0.303 e. The number of aliphatic carboxylic acids is 1. The van der Waals surface area contributed by atoms with Crippen molar-refractivity contribution in [2.24, 2.45) is 4.99 Å². The van der Waals surface area contributed by atoms with Crippen LogP contribution < -0.4 is 20.9 Å². The molecule has 0 saturated carbocycles. The van der Waals surface area contributed by atoms with Gasteiger partial charge in [0, 0.05) is 38.3 Å². The van der Waals surface area contributed by atoms with Crippen LogP contribution in [0.1, 0.15) is 56.4 Å². The molecule has 2 amide bonds. The molecule has 0 spiro atoms. The van der Waals surface area contributed by atoms with Crippen molar-refractivity contribution >= 4 is 29.4 Å². The van der Waals surface area contributed by atoms with E-state index in [1.165, 1.54) is 4.90 Å². The van der Waals surface area contributed by atoms with Crippen molar-refractivity contribution in [3.63, 3.8) is 0 Å². The number of rotatable bonds is 10. The summed E-state index contributed by atoms with van der Waals surface area (Å²) in [5.74, 6) is -0.599. The van der Waals surface area contributed by atoms with E-state index in [2.05, 4.69) is 20.9 Å². The van der Waals surface area contributed by atoms with Gasteiger partial charge in [-0.1, -0.05) is 18.2 Å². The summed E-state index contributed by atoms with van der Waals surface area (Å²) in [5.41, 5.74) is 1.46. The first-order chi connectivity index (χ1) is 15.5. The lowest BCUT2D eigenvalue weighted by atomic mass is 9.91. The Kier molecular flexibility index (Phi) is 8.89. The summed E-state index contributed by atoms with van der Waals surface area (Å²) in [4.78, 5) is 42.3. The summed E-state index contributed by atoms with van der Waals surface area (Å²) < 4.78 is 0. The van der Waals surface area contributed by atoms with E-state index in [0.717, 1.165) is 56.8 Å². The zero-order valence-electron chi connectivity index (χ0n) is 18.4. The molecule has 1 aromatic carbocycles. The highest BCUT2D eigenvalue weighted by atomic mass is 16.4. The van der Waals surface area contributed by atoms with Crippen molar-refractivity contribution in [3.8, 4) is 0 Å². The summed E-state index contributed by atoms with van der Waals surface area (Å²) in [6.45, 7) is 3.18. The second-order valence-electron chi connectivity index (χ2n) is 8.22. The third-order valence-corrected chi connectivity index (χ3v) is 5.76. The second kappa shape index (κ2) is 12.1. The zero-order chi connectivity index (χ0) is 22.8. The van der Waals surface area contributed by atoms with E-state index >= 15 is 0 Å². The molecule has 1 aromatic rings. The Labute approximate surface area is 188 Å². The Morgan fingerprint density at radius 3 is 2.78 bits per heavy atom. The maximum absolute atomic E-state index is 12.7. The van der Waals surface area contributed by atoms with Crippen molar-refractivity contribution in [3.05, 3.63) is 29.8 Å². The first kappa shape index (κ1) is 23.6. The molecule has 174 valence electrons. The number of carbonyl (C=O) groups excluding carboxylic acids is 2. The Morgan fingerprint density at radius 2 is 2.00 bits per heavy atom. The Morgan fingerprint density at radius 1 is 1.19 bits per heavy atom. The van der Waals surface area contributed by atoms with E-state index in [0.29, 0.717) is 18.7 Å². The van der Waals surface area contributed by atoms with Crippen LogP contribution in [-0.4, -0.2) is 61.6 Å². The number of amides is 2. The average Bonchev–Trinajstić information content (AvgIpc) is 2.91. The minimum atomic E-state index is -0.887. The predicted octanol–water partition coefficient (Wildman–Crippen LogP) is 1.60. The first-order valence-electron chi connectivity index (χ1n) is 11.4. The Hall–Kier alpha value is -3.10. The van der Waals surface area contributed by atoms with Crippen molar-refractivity contribution in [2.45, 2.75) is 50.9 Å². The van der Waals surface area contributed by atoms with Gasteiger partial charge in [-0.3, -0.25) is 19.4 Å². The van der Waals surface area contributed by atoms with E-state index in [-0.39, 0.29) is 37.1 Å². The number of carbonyl (C=O) groups is 3. The molecule has 2 aliphatic rings. The quantitative estimate of drug-likeness (QED) is 0.407. The van der Waals surface area contributed by atoms with E-state index in [4.69, 9.17) is 0 Å². The van der Waals surface area contributed by atoms with Gasteiger partial charge in [-0.05, 0) is 49.7 Å². The van der Waals surface area contributed by atoms with Gasteiger partial charge >= 0.3 is 5.97 Å². The standard InChI is InChI=1S/C23H33N5O4/c29-20(24-11-4-1-5-12-25-23-26-13-6-14-27-23)16-28-19-8-3-2-7-18(19)17(15-22(31)32)9-10-21(28)30/h2-3,7-8,17H,1,4-6,9-16H2,(H,24,29)(H,31,32)(H2,25,26,27). The number of anilines is 1. The molecule has 1 atom stereocenters. The van der Waals surface area contributed by atoms with E-state index in [9.17, 15) is 19.5 Å². The molecule has 32 heavy (non-hydrogen) atoms. The molecule has 0 aromatic heterocycles. The van der Waals surface area contributed by atoms with Gasteiger partial charge in [-0.15, -0.1) is 0 Å². The lowest BCUT2D eigenvalue weighted by molar-refractivity contribution is -0.137. The summed E-state index contributed by atoms with van der Waals surface area (Å²) in [7, 11) is 0. The monoisotopic (exact) mass is 443 g/mol. The number of nitrogens with zero attached hydrogens (tertiary/aromatic N) is 2. The summed E-state index contributed by atoms with van der Waals surface area (Å²) in [5, 5.41) is 18.6. The second-order valence-corrected chi connectivity index (χ2v) is 8.22. The van der Waals surface area contributed by atoms with Crippen LogP contribution in [0.3, 0.4) is 0 Å². The van der Waals surface area contributed by atoms with Gasteiger partial charge < -0.3 is 26.0 Å². The number of guanidine groups is 1. The van der Waals surface area contributed by atoms with Crippen LogP contribution in [0.2, 0.25) is 0 Å². The third-order valence-electron chi connectivity index (χ3n) is 5.76. The summed E-state index contributed by atoms with van der Waals surface area (Å²) >= 11 is 0. The summed E-state index contributed by atoms with van der Waals surface area (Å²) in [6.07, 6.45) is 4.56. The number of carboxylic acids is 1. The van der Waals surface area contributed by atoms with Crippen LogP contribution in [0.15, 0.2) is 29.3 Å². The molecular weight excluding hydrogens is 410 g/mol. The highest BCUT2D eigenvalue weighted by Gasteiger charge is 2.30. The molecule has 0 bridgehead atoms. The van der Waals surface area contributed by atoms with Gasteiger partial charge in [0.2, 0.25) is 11.8 Å². The molecule has 1 unspecified atom stereocenters. The maximum atomic E-state index is 12.7. The number of para-hydroxylation sites is 1. The molecule has 2 heterocycles. The molecule has 2 aliphatic heterocycles. The van der Waals surface area contributed by atoms with E-state index in [1.54, 1.807) is 6.07 Å². The van der Waals surface area contributed by atoms with E-state index < -0.39 is 5.97 Å². The van der Waals surface area contributed by atoms with Gasteiger partial charge in [0.25, 0.3) is 0 Å². The van der Waals surface area contributed by atoms with Gasteiger partial charge in [-0.25, -0.2) is 0 Å². The Bertz CT molecular complexity index is 841. The van der Waals surface area contributed by atoms with Gasteiger partial charge in [0.05, 0.1) is 6.42 Å². The van der Waals surface area contributed by atoms with Crippen molar-refractivity contribution in [1.29, 1.82) is 0 Å². The summed E-state index contributed by atoms with van der Waals surface area (Å²) in [6, 6.07) is 7.30. The molecule has 0 aliphatic carbocycles. The fraction of sp³-hybridized carbons (Fsp3) is 0.565. The number of aliphatic imine (C=N–C) groups is 1. The predicted molar refractivity (Wildman–Crippen MR) is 123 cm³/mol. The van der Waals surface area contributed by atoms with Crippen molar-refractivity contribution in [2.75, 3.05) is 37.6 Å². The van der Waals surface area contributed by atoms with E-state index in [1.807, 2.05) is 18.2 Å². The van der Waals surface area contributed by atoms with Crippen LogP contribution in [0.4, 0.5) is 5.69 Å². The van der Waals surface area contributed by atoms with Crippen LogP contribution in [0.25, 0.3) is 0 Å². The number of benzene rings is 1. The largest absolute Gasteiger partial charge is 0.481 e. The molecule has 9 heteroatoms. The molecule has 9 nitrogen and oxygen atoms in total. The number of unbranched alkanes of at least 4 members (excludes halogenated alkanes) is 2. The normalized spacial score (nSPS) is 18.1. The zero-order valence-corrected chi connectivity index (χ0v) is 18.4. The van der Waals surface area contributed by atoms with Crippen molar-refractivity contribution < 1.29 is 19.5 Å². The number of carboxylic acid groups (broad SMARTS) is 1. The topological polar surface area (TPSA) is 123 Å². The van der Waals surface area contributed by atoms with Crippen LogP contribution in [-0.2, 0) is 14.4 Å². The minimum Gasteiger partial charge on any atom is -0.481 e. The minimum absolute atomic E-state index is 0.0252. The van der Waals surface area contributed by atoms with Crippen molar-refractivity contribution in [1.82, 2.24) is 16.0 Å². The lowest BCUT2D eigenvalue weighted by Crippen LogP contribution is -2.41. The fourth-order valence-corrected chi connectivity index (χ4v) is 4.11. The van der Waals surface area contributed by atoms with Crippen LogP contribution >= 0.6 is 0 Å². The molecule has 3 rings (SSSR count). The number of nitrogens with one attached hydrogen (secondary N) is 3. The smallest absolute Gasteiger partial charge is 0.303 e.